The van der Waals surface area contributed by atoms with Gasteiger partial charge in [-0.2, -0.15) is 0 Å². The Morgan fingerprint density at radius 2 is 2.26 bits per heavy atom. The van der Waals surface area contributed by atoms with Crippen molar-refractivity contribution in [1.29, 1.82) is 0 Å². The molecule has 5 heteroatoms. The summed E-state index contributed by atoms with van der Waals surface area (Å²) in [5.41, 5.74) is 6.69. The predicted molar refractivity (Wildman–Crippen MR) is 74.7 cm³/mol. The average Bonchev–Trinajstić information content (AvgIpc) is 2.84. The molecule has 0 aliphatic carbocycles. The minimum atomic E-state index is 0.237. The third-order valence-corrected chi connectivity index (χ3v) is 3.25. The molecule has 0 saturated heterocycles. The molecule has 2 rings (SSSR count). The highest BCUT2D eigenvalue weighted by molar-refractivity contribution is 5.79. The van der Waals surface area contributed by atoms with Crippen molar-refractivity contribution in [3.05, 3.63) is 29.8 Å². The number of oxime groups is 1. The lowest BCUT2D eigenvalue weighted by Gasteiger charge is -2.11. The van der Waals surface area contributed by atoms with Crippen LogP contribution in [0.2, 0.25) is 0 Å². The van der Waals surface area contributed by atoms with E-state index >= 15 is 0 Å². The maximum atomic E-state index is 8.40. The second-order valence-electron chi connectivity index (χ2n) is 4.80. The van der Waals surface area contributed by atoms with Gasteiger partial charge in [0.15, 0.2) is 0 Å². The fourth-order valence-electron chi connectivity index (χ4n) is 2.24. The zero-order valence-electron chi connectivity index (χ0n) is 11.0. The number of rotatable bonds is 7. The van der Waals surface area contributed by atoms with Crippen molar-refractivity contribution in [3.8, 4) is 5.75 Å². The Bertz CT molecular complexity index is 409. The fourth-order valence-corrected chi connectivity index (χ4v) is 2.24. The number of para-hydroxylation sites is 1. The monoisotopic (exact) mass is 263 g/mol. The second-order valence-corrected chi connectivity index (χ2v) is 4.80. The number of nitrogens with two attached hydrogens (primary N) is 1. The molecule has 0 aromatic heterocycles. The lowest BCUT2D eigenvalue weighted by atomic mass is 10.1. The van der Waals surface area contributed by atoms with Gasteiger partial charge in [0.1, 0.15) is 17.7 Å². The summed E-state index contributed by atoms with van der Waals surface area (Å²) in [6.45, 7) is 1.78. The van der Waals surface area contributed by atoms with E-state index in [4.69, 9.17) is 15.7 Å². The molecule has 1 heterocycles. The number of hydrogen-bond acceptors (Lipinski definition) is 4. The van der Waals surface area contributed by atoms with Gasteiger partial charge in [-0.3, -0.25) is 0 Å². The predicted octanol–water partition coefficient (Wildman–Crippen LogP) is 1.50. The van der Waals surface area contributed by atoms with Crippen LogP contribution in [0.4, 0.5) is 0 Å². The fraction of sp³-hybridized carbons (Fsp3) is 0.500. The lowest BCUT2D eigenvalue weighted by Crippen LogP contribution is -2.30. The van der Waals surface area contributed by atoms with Crippen LogP contribution in [0.25, 0.3) is 0 Å². The number of benzene rings is 1. The molecule has 4 N–H and O–H groups in total. The van der Waals surface area contributed by atoms with Crippen LogP contribution >= 0.6 is 0 Å². The molecular formula is C14H21N3O2. The van der Waals surface area contributed by atoms with E-state index in [-0.39, 0.29) is 6.10 Å². The number of nitrogens with one attached hydrogen (secondary N) is 1. The van der Waals surface area contributed by atoms with Gasteiger partial charge in [0.25, 0.3) is 0 Å². The van der Waals surface area contributed by atoms with E-state index in [1.54, 1.807) is 0 Å². The van der Waals surface area contributed by atoms with E-state index in [2.05, 4.69) is 16.5 Å². The molecule has 0 amide bonds. The van der Waals surface area contributed by atoms with Gasteiger partial charge >= 0.3 is 0 Å². The summed E-state index contributed by atoms with van der Waals surface area (Å²) < 4.78 is 5.83. The Balaban J connectivity index is 1.56. The van der Waals surface area contributed by atoms with E-state index in [0.29, 0.717) is 12.3 Å². The van der Waals surface area contributed by atoms with Crippen LogP contribution in [0.15, 0.2) is 29.4 Å². The standard InChI is InChI=1S/C14H21N3O2/c15-14(17-18)7-3-4-8-16-10-12-9-11-5-1-2-6-13(11)19-12/h1-2,5-6,12,16,18H,3-4,7-10H2,(H2,15,17). The summed E-state index contributed by atoms with van der Waals surface area (Å²) in [7, 11) is 0. The van der Waals surface area contributed by atoms with Gasteiger partial charge in [-0.05, 0) is 31.0 Å². The molecule has 19 heavy (non-hydrogen) atoms. The summed E-state index contributed by atoms with van der Waals surface area (Å²) in [5.74, 6) is 1.32. The zero-order chi connectivity index (χ0) is 13.5. The number of ether oxygens (including phenoxy) is 1. The minimum Gasteiger partial charge on any atom is -0.488 e. The third kappa shape index (κ3) is 4.13. The van der Waals surface area contributed by atoms with E-state index in [0.717, 1.165) is 38.1 Å². The number of fused-ring (bicyclic) bond motifs is 1. The molecule has 0 fully saturated rings. The van der Waals surface area contributed by atoms with E-state index < -0.39 is 0 Å². The SMILES string of the molecule is NC(CCCCNCC1Cc2ccccc2O1)=NO. The Hall–Kier alpha value is -1.75. The molecule has 1 unspecified atom stereocenters. The molecule has 1 aliphatic rings. The minimum absolute atomic E-state index is 0.237. The van der Waals surface area contributed by atoms with Crippen molar-refractivity contribution >= 4 is 5.84 Å². The van der Waals surface area contributed by atoms with Gasteiger partial charge in [-0.25, -0.2) is 0 Å². The summed E-state index contributed by atoms with van der Waals surface area (Å²) in [6, 6.07) is 8.19. The highest BCUT2D eigenvalue weighted by atomic mass is 16.5. The molecule has 1 atom stereocenters. The molecule has 0 saturated carbocycles. The Morgan fingerprint density at radius 3 is 3.05 bits per heavy atom. The highest BCUT2D eigenvalue weighted by Gasteiger charge is 2.21. The van der Waals surface area contributed by atoms with Crippen LogP contribution in [0.1, 0.15) is 24.8 Å². The van der Waals surface area contributed by atoms with Crippen LogP contribution in [-0.2, 0) is 6.42 Å². The van der Waals surface area contributed by atoms with Crippen molar-refractivity contribution < 1.29 is 9.94 Å². The molecule has 1 aromatic rings. The molecule has 1 aromatic carbocycles. The van der Waals surface area contributed by atoms with Gasteiger partial charge in [0.05, 0.1) is 0 Å². The summed E-state index contributed by atoms with van der Waals surface area (Å²) >= 11 is 0. The maximum Gasteiger partial charge on any atom is 0.139 e. The summed E-state index contributed by atoms with van der Waals surface area (Å²) in [4.78, 5) is 0. The topological polar surface area (TPSA) is 79.9 Å². The van der Waals surface area contributed by atoms with Crippen molar-refractivity contribution in [1.82, 2.24) is 5.32 Å². The van der Waals surface area contributed by atoms with Crippen LogP contribution < -0.4 is 15.8 Å². The number of hydrogen-bond donors (Lipinski definition) is 3. The molecule has 0 spiro atoms. The molecule has 0 radical (unpaired) electrons. The zero-order valence-corrected chi connectivity index (χ0v) is 11.0. The quantitative estimate of drug-likeness (QED) is 0.229. The van der Waals surface area contributed by atoms with E-state index in [9.17, 15) is 0 Å². The van der Waals surface area contributed by atoms with Crippen molar-refractivity contribution in [2.24, 2.45) is 10.9 Å². The van der Waals surface area contributed by atoms with Gasteiger partial charge in [-0.15, -0.1) is 0 Å². The first-order valence-corrected chi connectivity index (χ1v) is 6.71. The first-order valence-electron chi connectivity index (χ1n) is 6.71. The van der Waals surface area contributed by atoms with Crippen LogP contribution in [0.5, 0.6) is 5.75 Å². The second kappa shape index (κ2) is 6.99. The Kier molecular flexibility index (Phi) is 5.03. The Morgan fingerprint density at radius 1 is 1.42 bits per heavy atom. The van der Waals surface area contributed by atoms with E-state index in [1.165, 1.54) is 5.56 Å². The smallest absolute Gasteiger partial charge is 0.139 e. The first kappa shape index (κ1) is 13.7. The van der Waals surface area contributed by atoms with Crippen LogP contribution in [0, 0.1) is 0 Å². The Labute approximate surface area is 113 Å². The van der Waals surface area contributed by atoms with Gasteiger partial charge in [-0.1, -0.05) is 23.4 Å². The molecular weight excluding hydrogens is 242 g/mol. The maximum absolute atomic E-state index is 8.40. The van der Waals surface area contributed by atoms with Gasteiger partial charge < -0.3 is 21.0 Å². The van der Waals surface area contributed by atoms with Gasteiger partial charge in [0.2, 0.25) is 0 Å². The third-order valence-electron chi connectivity index (χ3n) is 3.25. The van der Waals surface area contributed by atoms with Crippen LogP contribution in [0.3, 0.4) is 0 Å². The molecule has 104 valence electrons. The van der Waals surface area contributed by atoms with E-state index in [1.807, 2.05) is 18.2 Å². The summed E-state index contributed by atoms with van der Waals surface area (Å²) in [6.07, 6.45) is 3.79. The van der Waals surface area contributed by atoms with Crippen molar-refractivity contribution in [2.75, 3.05) is 13.1 Å². The van der Waals surface area contributed by atoms with Crippen molar-refractivity contribution in [2.45, 2.75) is 31.8 Å². The molecule has 1 aliphatic heterocycles. The largest absolute Gasteiger partial charge is 0.488 e. The lowest BCUT2D eigenvalue weighted by molar-refractivity contribution is 0.227. The number of amidine groups is 1. The number of unbranched alkanes of at least 4 members (excludes halogenated alkanes) is 1. The van der Waals surface area contributed by atoms with Crippen LogP contribution in [-0.4, -0.2) is 30.2 Å². The average molecular weight is 263 g/mol. The normalized spacial score (nSPS) is 18.1. The number of nitrogens with zero attached hydrogens (tertiary/aromatic N) is 1. The highest BCUT2D eigenvalue weighted by Crippen LogP contribution is 2.27. The van der Waals surface area contributed by atoms with Crippen molar-refractivity contribution in [3.63, 3.8) is 0 Å². The molecule has 0 bridgehead atoms. The summed E-state index contributed by atoms with van der Waals surface area (Å²) in [5, 5.41) is 14.7. The van der Waals surface area contributed by atoms with Gasteiger partial charge in [0, 0.05) is 19.4 Å². The molecule has 5 nitrogen and oxygen atoms in total. The first-order chi connectivity index (χ1) is 9.29.